The minimum atomic E-state index is -4.44. The molecule has 1 amide bonds. The molecule has 0 radical (unpaired) electrons. The van der Waals surface area contributed by atoms with Gasteiger partial charge >= 0.3 is 6.18 Å². The van der Waals surface area contributed by atoms with Crippen molar-refractivity contribution >= 4 is 5.91 Å². The molecule has 140 valence electrons. The lowest BCUT2D eigenvalue weighted by atomic mass is 10.1. The highest BCUT2D eigenvalue weighted by molar-refractivity contribution is 5.76. The van der Waals surface area contributed by atoms with E-state index in [4.69, 9.17) is 0 Å². The molecule has 9 heteroatoms. The standard InChI is InChI=1S/C17H20F3N5O/c18-17(19,20)11-25(14-7-4-8-21-9-14)15(26)10-24-12-22-16(23-24)13-5-2-1-3-6-13/h1-3,5-6,12,14,21H,4,7-11H2. The van der Waals surface area contributed by atoms with E-state index < -0.39 is 24.7 Å². The van der Waals surface area contributed by atoms with Gasteiger partial charge in [0, 0.05) is 18.2 Å². The van der Waals surface area contributed by atoms with Crippen molar-refractivity contribution in [2.75, 3.05) is 19.6 Å². The Kier molecular flexibility index (Phi) is 5.55. The zero-order chi connectivity index (χ0) is 18.6. The zero-order valence-corrected chi connectivity index (χ0v) is 14.1. The second kappa shape index (κ2) is 7.86. The van der Waals surface area contributed by atoms with E-state index in [1.807, 2.05) is 30.3 Å². The SMILES string of the molecule is O=C(Cn1cnc(-c2ccccc2)n1)N(CC(F)(F)F)C1CCCNC1. The van der Waals surface area contributed by atoms with Crippen LogP contribution in [0.4, 0.5) is 13.2 Å². The van der Waals surface area contributed by atoms with Crippen LogP contribution < -0.4 is 5.32 Å². The van der Waals surface area contributed by atoms with E-state index in [0.717, 1.165) is 23.4 Å². The fourth-order valence-corrected chi connectivity index (χ4v) is 3.03. The predicted octanol–water partition coefficient (Wildman–Crippen LogP) is 2.09. The van der Waals surface area contributed by atoms with Crippen LogP contribution in [0.3, 0.4) is 0 Å². The Morgan fingerprint density at radius 2 is 2.08 bits per heavy atom. The Hall–Kier alpha value is -2.42. The summed E-state index contributed by atoms with van der Waals surface area (Å²) in [5.41, 5.74) is 0.780. The number of benzene rings is 1. The molecule has 1 aromatic carbocycles. The maximum Gasteiger partial charge on any atom is 0.406 e. The fraction of sp³-hybridized carbons (Fsp3) is 0.471. The zero-order valence-electron chi connectivity index (χ0n) is 14.1. The number of halogens is 3. The highest BCUT2D eigenvalue weighted by Gasteiger charge is 2.37. The summed E-state index contributed by atoms with van der Waals surface area (Å²) < 4.78 is 40.1. The van der Waals surface area contributed by atoms with Crippen molar-refractivity contribution in [3.05, 3.63) is 36.7 Å². The van der Waals surface area contributed by atoms with Gasteiger partial charge in [0.05, 0.1) is 0 Å². The highest BCUT2D eigenvalue weighted by Crippen LogP contribution is 2.21. The second-order valence-electron chi connectivity index (χ2n) is 6.27. The number of nitrogens with zero attached hydrogens (tertiary/aromatic N) is 4. The first-order valence-electron chi connectivity index (χ1n) is 8.44. The van der Waals surface area contributed by atoms with Gasteiger partial charge < -0.3 is 10.2 Å². The molecule has 1 aliphatic rings. The molecule has 0 spiro atoms. The van der Waals surface area contributed by atoms with Crippen LogP contribution in [0.2, 0.25) is 0 Å². The van der Waals surface area contributed by atoms with E-state index >= 15 is 0 Å². The van der Waals surface area contributed by atoms with E-state index in [2.05, 4.69) is 15.4 Å². The lowest BCUT2D eigenvalue weighted by Crippen LogP contribution is -2.52. The van der Waals surface area contributed by atoms with Gasteiger partial charge in [0.15, 0.2) is 5.82 Å². The van der Waals surface area contributed by atoms with Crippen molar-refractivity contribution in [2.45, 2.75) is 31.6 Å². The third-order valence-electron chi connectivity index (χ3n) is 4.25. The molecule has 1 atom stereocenters. The molecule has 0 bridgehead atoms. The van der Waals surface area contributed by atoms with Crippen LogP contribution in [0.25, 0.3) is 11.4 Å². The van der Waals surface area contributed by atoms with E-state index in [1.54, 1.807) is 0 Å². The topological polar surface area (TPSA) is 63.1 Å². The number of amides is 1. The van der Waals surface area contributed by atoms with Crippen molar-refractivity contribution in [1.82, 2.24) is 25.0 Å². The molecule has 1 aliphatic heterocycles. The number of piperidine rings is 1. The van der Waals surface area contributed by atoms with Crippen LogP contribution in [0.5, 0.6) is 0 Å². The van der Waals surface area contributed by atoms with Crippen molar-refractivity contribution in [3.63, 3.8) is 0 Å². The van der Waals surface area contributed by atoms with Crippen molar-refractivity contribution in [2.24, 2.45) is 0 Å². The normalized spacial score (nSPS) is 17.9. The van der Waals surface area contributed by atoms with E-state index in [1.165, 1.54) is 11.0 Å². The quantitative estimate of drug-likeness (QED) is 0.879. The lowest BCUT2D eigenvalue weighted by molar-refractivity contribution is -0.167. The summed E-state index contributed by atoms with van der Waals surface area (Å²) in [4.78, 5) is 17.6. The number of nitrogens with one attached hydrogen (secondary N) is 1. The summed E-state index contributed by atoms with van der Waals surface area (Å²) >= 11 is 0. The highest BCUT2D eigenvalue weighted by atomic mass is 19.4. The Labute approximate surface area is 149 Å². The molecule has 1 saturated heterocycles. The van der Waals surface area contributed by atoms with Gasteiger partial charge in [-0.2, -0.15) is 18.3 Å². The maximum absolute atomic E-state index is 12.9. The average molecular weight is 367 g/mol. The third-order valence-corrected chi connectivity index (χ3v) is 4.25. The van der Waals surface area contributed by atoms with Crippen molar-refractivity contribution in [1.29, 1.82) is 0 Å². The molecule has 2 heterocycles. The van der Waals surface area contributed by atoms with Gasteiger partial charge in [-0.25, -0.2) is 9.67 Å². The molecule has 3 rings (SSSR count). The minimum absolute atomic E-state index is 0.271. The first kappa shape index (κ1) is 18.4. The van der Waals surface area contributed by atoms with Gasteiger partial charge in [0.1, 0.15) is 19.4 Å². The van der Waals surface area contributed by atoms with Gasteiger partial charge in [-0.15, -0.1) is 0 Å². The summed E-state index contributed by atoms with van der Waals surface area (Å²) in [6.07, 6.45) is -1.77. The smallest absolute Gasteiger partial charge is 0.328 e. The number of hydrogen-bond donors (Lipinski definition) is 1. The summed E-state index contributed by atoms with van der Waals surface area (Å²) in [6.45, 7) is -0.396. The third kappa shape index (κ3) is 4.81. The first-order valence-corrected chi connectivity index (χ1v) is 8.44. The molecular weight excluding hydrogens is 347 g/mol. The molecule has 6 nitrogen and oxygen atoms in total. The van der Waals surface area contributed by atoms with E-state index in [0.29, 0.717) is 18.8 Å². The van der Waals surface area contributed by atoms with E-state index in [9.17, 15) is 18.0 Å². The number of aromatic nitrogens is 3. The Bertz CT molecular complexity index is 725. The molecule has 26 heavy (non-hydrogen) atoms. The fourth-order valence-electron chi connectivity index (χ4n) is 3.03. The van der Waals surface area contributed by atoms with Crippen LogP contribution in [0, 0.1) is 0 Å². The summed E-state index contributed by atoms with van der Waals surface area (Å²) in [5.74, 6) is -0.180. The number of alkyl halides is 3. The number of carbonyl (C=O) groups is 1. The Morgan fingerprint density at radius 1 is 1.31 bits per heavy atom. The van der Waals surface area contributed by atoms with Crippen LogP contribution in [-0.4, -0.2) is 57.4 Å². The molecule has 0 aliphatic carbocycles. The van der Waals surface area contributed by atoms with Crippen LogP contribution in [0.15, 0.2) is 36.7 Å². The summed E-state index contributed by atoms with van der Waals surface area (Å²) in [6, 6.07) is 8.72. The average Bonchev–Trinajstić information content (AvgIpc) is 3.09. The Morgan fingerprint density at radius 3 is 2.73 bits per heavy atom. The van der Waals surface area contributed by atoms with Gasteiger partial charge in [-0.3, -0.25) is 4.79 Å². The molecule has 1 aromatic heterocycles. The van der Waals surface area contributed by atoms with Crippen molar-refractivity contribution in [3.8, 4) is 11.4 Å². The van der Waals surface area contributed by atoms with E-state index in [-0.39, 0.29) is 6.54 Å². The first-order chi connectivity index (χ1) is 12.4. The van der Waals surface area contributed by atoms with Gasteiger partial charge in [-0.05, 0) is 19.4 Å². The largest absolute Gasteiger partial charge is 0.406 e. The predicted molar refractivity (Wildman–Crippen MR) is 89.1 cm³/mol. The van der Waals surface area contributed by atoms with Gasteiger partial charge in [-0.1, -0.05) is 30.3 Å². The lowest BCUT2D eigenvalue weighted by Gasteiger charge is -2.35. The maximum atomic E-state index is 12.9. The van der Waals surface area contributed by atoms with Gasteiger partial charge in [0.25, 0.3) is 0 Å². The van der Waals surface area contributed by atoms with Crippen LogP contribution in [0.1, 0.15) is 12.8 Å². The molecule has 2 aromatic rings. The minimum Gasteiger partial charge on any atom is -0.328 e. The van der Waals surface area contributed by atoms with Gasteiger partial charge in [0.2, 0.25) is 5.91 Å². The summed E-state index contributed by atoms with van der Waals surface area (Å²) in [5, 5.41) is 7.26. The molecule has 1 unspecified atom stereocenters. The Balaban J connectivity index is 1.72. The van der Waals surface area contributed by atoms with Crippen LogP contribution >= 0.6 is 0 Å². The second-order valence-corrected chi connectivity index (χ2v) is 6.27. The molecular formula is C17H20F3N5O. The number of carbonyl (C=O) groups excluding carboxylic acids is 1. The molecule has 1 N–H and O–H groups in total. The summed E-state index contributed by atoms with van der Waals surface area (Å²) in [7, 11) is 0. The number of hydrogen-bond acceptors (Lipinski definition) is 4. The number of rotatable bonds is 5. The van der Waals surface area contributed by atoms with Crippen molar-refractivity contribution < 1.29 is 18.0 Å². The monoisotopic (exact) mass is 367 g/mol. The molecule has 0 saturated carbocycles. The molecule has 1 fully saturated rings. The van der Waals surface area contributed by atoms with Crippen LogP contribution in [-0.2, 0) is 11.3 Å².